The number of sulfonamides is 1. The Hall–Kier alpha value is -2.71. The number of carbonyl (C=O) groups excluding carboxylic acids is 1. The van der Waals surface area contributed by atoms with Gasteiger partial charge >= 0.3 is 0 Å². The Morgan fingerprint density at radius 2 is 1.81 bits per heavy atom. The van der Waals surface area contributed by atoms with Gasteiger partial charge in [0.1, 0.15) is 0 Å². The van der Waals surface area contributed by atoms with E-state index in [9.17, 15) is 13.2 Å². The van der Waals surface area contributed by atoms with Crippen molar-refractivity contribution < 1.29 is 13.2 Å². The van der Waals surface area contributed by atoms with Crippen LogP contribution in [-0.4, -0.2) is 19.3 Å². The molecule has 0 saturated carbocycles. The molecular weight excluding hydrogens is 430 g/mol. The second kappa shape index (κ2) is 7.89. The Balaban J connectivity index is 1.83. The average molecular weight is 446 g/mol. The maximum Gasteiger partial charge on any atom is 0.261 e. The van der Waals surface area contributed by atoms with Gasteiger partial charge in [-0.3, -0.25) is 14.5 Å². The number of hydrogen-bond acceptors (Lipinski definition) is 4. The molecule has 2 aromatic carbocycles. The van der Waals surface area contributed by atoms with Crippen molar-refractivity contribution in [1.82, 2.24) is 4.98 Å². The Morgan fingerprint density at radius 1 is 1.07 bits per heavy atom. The Labute approximate surface area is 165 Å². The van der Waals surface area contributed by atoms with Crippen LogP contribution in [-0.2, 0) is 10.0 Å². The lowest BCUT2D eigenvalue weighted by atomic mass is 10.2. The number of pyridine rings is 1. The van der Waals surface area contributed by atoms with Gasteiger partial charge in [0, 0.05) is 21.9 Å². The van der Waals surface area contributed by atoms with Gasteiger partial charge in [0.25, 0.3) is 15.9 Å². The van der Waals surface area contributed by atoms with Crippen molar-refractivity contribution in [3.05, 3.63) is 82.6 Å². The molecule has 0 fully saturated rings. The standard InChI is InChI=1S/C19H16BrN3O3S/c1-13-9-10-21-12-18(13)22-19(24)14-3-2-4-17(11-14)27(25,26)23-16-7-5-15(20)6-8-16/h2-12,23H,1H3,(H,22,24). The predicted molar refractivity (Wildman–Crippen MR) is 108 cm³/mol. The molecule has 1 heterocycles. The van der Waals surface area contributed by atoms with Crippen molar-refractivity contribution in [2.45, 2.75) is 11.8 Å². The van der Waals surface area contributed by atoms with E-state index in [1.165, 1.54) is 18.2 Å². The highest BCUT2D eigenvalue weighted by molar-refractivity contribution is 9.10. The maximum absolute atomic E-state index is 12.6. The van der Waals surface area contributed by atoms with Crippen molar-refractivity contribution in [2.24, 2.45) is 0 Å². The number of hydrogen-bond donors (Lipinski definition) is 2. The maximum atomic E-state index is 12.6. The molecule has 3 rings (SSSR count). The molecule has 0 bridgehead atoms. The summed E-state index contributed by atoms with van der Waals surface area (Å²) < 4.78 is 28.6. The summed E-state index contributed by atoms with van der Waals surface area (Å²) in [7, 11) is -3.82. The number of rotatable bonds is 5. The molecule has 8 heteroatoms. The Morgan fingerprint density at radius 3 is 2.52 bits per heavy atom. The van der Waals surface area contributed by atoms with Gasteiger partial charge in [-0.25, -0.2) is 8.42 Å². The Bertz CT molecular complexity index is 1080. The zero-order valence-electron chi connectivity index (χ0n) is 14.3. The lowest BCUT2D eigenvalue weighted by molar-refractivity contribution is 0.102. The summed E-state index contributed by atoms with van der Waals surface area (Å²) in [6.45, 7) is 1.85. The van der Waals surface area contributed by atoms with E-state index in [0.717, 1.165) is 10.0 Å². The number of nitrogens with one attached hydrogen (secondary N) is 2. The molecule has 1 amide bonds. The molecule has 0 spiro atoms. The van der Waals surface area contributed by atoms with Crippen LogP contribution in [0.1, 0.15) is 15.9 Å². The third-order valence-electron chi connectivity index (χ3n) is 3.79. The minimum Gasteiger partial charge on any atom is -0.320 e. The zero-order valence-corrected chi connectivity index (χ0v) is 16.7. The molecule has 3 aromatic rings. The fraction of sp³-hybridized carbons (Fsp3) is 0.0526. The quantitative estimate of drug-likeness (QED) is 0.615. The lowest BCUT2D eigenvalue weighted by Crippen LogP contribution is -2.16. The van der Waals surface area contributed by atoms with Crippen LogP contribution in [0.3, 0.4) is 0 Å². The molecule has 0 aliphatic heterocycles. The van der Waals surface area contributed by atoms with Gasteiger partial charge in [-0.2, -0.15) is 0 Å². The molecule has 2 N–H and O–H groups in total. The fourth-order valence-corrected chi connectivity index (χ4v) is 3.69. The number of anilines is 2. The molecule has 0 aliphatic carbocycles. The fourth-order valence-electron chi connectivity index (χ4n) is 2.33. The van der Waals surface area contributed by atoms with Crippen molar-refractivity contribution in [2.75, 3.05) is 10.0 Å². The van der Waals surface area contributed by atoms with Gasteiger partial charge in [-0.1, -0.05) is 22.0 Å². The number of aromatic nitrogens is 1. The van der Waals surface area contributed by atoms with Crippen LogP contribution in [0.2, 0.25) is 0 Å². The third-order valence-corrected chi connectivity index (χ3v) is 5.70. The van der Waals surface area contributed by atoms with Crippen LogP contribution < -0.4 is 10.0 Å². The van der Waals surface area contributed by atoms with Gasteiger partial charge in [-0.15, -0.1) is 0 Å². The van der Waals surface area contributed by atoms with Gasteiger partial charge in [0.05, 0.1) is 16.8 Å². The molecule has 0 saturated heterocycles. The molecule has 0 atom stereocenters. The van der Waals surface area contributed by atoms with E-state index in [4.69, 9.17) is 0 Å². The summed E-state index contributed by atoms with van der Waals surface area (Å²) in [4.78, 5) is 16.5. The van der Waals surface area contributed by atoms with E-state index in [0.29, 0.717) is 11.4 Å². The molecule has 6 nitrogen and oxygen atoms in total. The first-order chi connectivity index (χ1) is 12.8. The van der Waals surface area contributed by atoms with Crippen LogP contribution in [0.15, 0.2) is 76.4 Å². The highest BCUT2D eigenvalue weighted by atomic mass is 79.9. The summed E-state index contributed by atoms with van der Waals surface area (Å²) in [5, 5.41) is 2.74. The van der Waals surface area contributed by atoms with E-state index in [2.05, 4.69) is 31.0 Å². The first kappa shape index (κ1) is 19.1. The highest BCUT2D eigenvalue weighted by Gasteiger charge is 2.17. The second-order valence-electron chi connectivity index (χ2n) is 5.78. The first-order valence-electron chi connectivity index (χ1n) is 7.95. The first-order valence-corrected chi connectivity index (χ1v) is 10.2. The number of amides is 1. The molecule has 0 radical (unpaired) electrons. The van der Waals surface area contributed by atoms with E-state index in [1.807, 2.05) is 6.92 Å². The SMILES string of the molecule is Cc1ccncc1NC(=O)c1cccc(S(=O)(=O)Nc2ccc(Br)cc2)c1. The van der Waals surface area contributed by atoms with E-state index >= 15 is 0 Å². The van der Waals surface area contributed by atoms with Crippen LogP contribution in [0.4, 0.5) is 11.4 Å². The van der Waals surface area contributed by atoms with E-state index in [-0.39, 0.29) is 10.5 Å². The number of aryl methyl sites for hydroxylation is 1. The van der Waals surface area contributed by atoms with Gasteiger partial charge < -0.3 is 5.32 Å². The van der Waals surface area contributed by atoms with Crippen molar-refractivity contribution in [1.29, 1.82) is 0 Å². The molecule has 27 heavy (non-hydrogen) atoms. The minimum absolute atomic E-state index is 0.000905. The van der Waals surface area contributed by atoms with E-state index in [1.54, 1.807) is 48.8 Å². The molecule has 0 unspecified atom stereocenters. The smallest absolute Gasteiger partial charge is 0.261 e. The Kier molecular flexibility index (Phi) is 5.57. The van der Waals surface area contributed by atoms with Crippen molar-refractivity contribution in [3.63, 3.8) is 0 Å². The molecule has 138 valence electrons. The van der Waals surface area contributed by atoms with E-state index < -0.39 is 15.9 Å². The summed E-state index contributed by atoms with van der Waals surface area (Å²) >= 11 is 3.30. The topological polar surface area (TPSA) is 88.2 Å². The van der Waals surface area contributed by atoms with Crippen LogP contribution in [0.25, 0.3) is 0 Å². The largest absolute Gasteiger partial charge is 0.320 e. The monoisotopic (exact) mass is 445 g/mol. The number of nitrogens with zero attached hydrogens (tertiary/aromatic N) is 1. The average Bonchev–Trinajstić information content (AvgIpc) is 2.65. The number of carbonyl (C=O) groups is 1. The van der Waals surface area contributed by atoms with Gasteiger partial charge in [0.15, 0.2) is 0 Å². The van der Waals surface area contributed by atoms with Crippen molar-refractivity contribution in [3.8, 4) is 0 Å². The highest BCUT2D eigenvalue weighted by Crippen LogP contribution is 2.20. The zero-order chi connectivity index (χ0) is 19.4. The van der Waals surface area contributed by atoms with Crippen LogP contribution >= 0.6 is 15.9 Å². The van der Waals surface area contributed by atoms with Crippen LogP contribution in [0, 0.1) is 6.92 Å². The van der Waals surface area contributed by atoms with Gasteiger partial charge in [-0.05, 0) is 61.0 Å². The number of halogens is 1. The lowest BCUT2D eigenvalue weighted by Gasteiger charge is -2.11. The predicted octanol–water partition coefficient (Wildman–Crippen LogP) is 4.21. The number of benzene rings is 2. The summed E-state index contributed by atoms with van der Waals surface area (Å²) in [5.41, 5.74) is 2.10. The summed E-state index contributed by atoms with van der Waals surface area (Å²) in [6.07, 6.45) is 3.18. The molecule has 1 aromatic heterocycles. The summed E-state index contributed by atoms with van der Waals surface area (Å²) in [6, 6.07) is 14.4. The van der Waals surface area contributed by atoms with Gasteiger partial charge in [0.2, 0.25) is 0 Å². The molecule has 0 aliphatic rings. The normalized spacial score (nSPS) is 11.0. The van der Waals surface area contributed by atoms with Crippen LogP contribution in [0.5, 0.6) is 0 Å². The third kappa shape index (κ3) is 4.72. The second-order valence-corrected chi connectivity index (χ2v) is 8.38. The molecular formula is C19H16BrN3O3S. The van der Waals surface area contributed by atoms with Crippen molar-refractivity contribution >= 4 is 43.2 Å². The minimum atomic E-state index is -3.82. The summed E-state index contributed by atoms with van der Waals surface area (Å²) in [5.74, 6) is -0.410.